The van der Waals surface area contributed by atoms with Gasteiger partial charge in [-0.15, -0.1) is 11.3 Å². The van der Waals surface area contributed by atoms with Crippen molar-refractivity contribution in [1.82, 2.24) is 10.2 Å². The maximum Gasteiger partial charge on any atom is 0.226 e. The van der Waals surface area contributed by atoms with Crippen molar-refractivity contribution >= 4 is 23.2 Å². The number of hydrogen-bond acceptors (Lipinski definition) is 3. The van der Waals surface area contributed by atoms with E-state index in [2.05, 4.69) is 11.4 Å². The van der Waals surface area contributed by atoms with E-state index >= 15 is 0 Å². The number of nitrogens with one attached hydrogen (secondary N) is 1. The maximum atomic E-state index is 12.9. The Bertz CT molecular complexity index is 620. The van der Waals surface area contributed by atoms with E-state index in [9.17, 15) is 9.59 Å². The summed E-state index contributed by atoms with van der Waals surface area (Å²) in [6.07, 6.45) is 7.68. The first-order valence-electron chi connectivity index (χ1n) is 10.2. The molecule has 0 radical (unpaired) electrons. The molecule has 1 heterocycles. The van der Waals surface area contributed by atoms with Crippen LogP contribution < -0.4 is 5.32 Å². The van der Waals surface area contributed by atoms with Crippen molar-refractivity contribution in [3.05, 3.63) is 22.4 Å². The number of carbonyl (C=O) groups excluding carboxylic acids is 2. The van der Waals surface area contributed by atoms with Crippen LogP contribution in [0.25, 0.3) is 0 Å². The van der Waals surface area contributed by atoms with Crippen molar-refractivity contribution in [2.75, 3.05) is 13.1 Å². The van der Waals surface area contributed by atoms with Gasteiger partial charge in [0.15, 0.2) is 0 Å². The number of thiophene rings is 1. The normalized spacial score (nSPS) is 31.8. The molecule has 1 N–H and O–H groups in total. The van der Waals surface area contributed by atoms with E-state index in [0.29, 0.717) is 26.1 Å². The van der Waals surface area contributed by atoms with E-state index in [4.69, 9.17) is 0 Å². The fourth-order valence-corrected chi connectivity index (χ4v) is 6.70. The SMILES string of the molecule is CCN(Cc1cccs1)C(=O)CCNC(=O)C12CC3CC(CC(C3)C1)C2. The van der Waals surface area contributed by atoms with Crippen LogP contribution >= 0.6 is 11.3 Å². The minimum atomic E-state index is -0.112. The summed E-state index contributed by atoms with van der Waals surface area (Å²) in [5, 5.41) is 5.17. The Morgan fingerprint density at radius 3 is 2.38 bits per heavy atom. The predicted molar refractivity (Wildman–Crippen MR) is 104 cm³/mol. The van der Waals surface area contributed by atoms with Crippen molar-refractivity contribution in [1.29, 1.82) is 0 Å². The Morgan fingerprint density at radius 2 is 1.85 bits per heavy atom. The third-order valence-corrected chi connectivity index (χ3v) is 7.67. The lowest BCUT2D eigenvalue weighted by atomic mass is 9.49. The Hall–Kier alpha value is -1.36. The summed E-state index contributed by atoms with van der Waals surface area (Å²) in [6, 6.07) is 4.08. The molecule has 0 aromatic carbocycles. The molecule has 2 amide bonds. The fourth-order valence-electron chi connectivity index (χ4n) is 5.98. The third-order valence-electron chi connectivity index (χ3n) is 6.81. The fraction of sp³-hybridized carbons (Fsp3) is 0.714. The van der Waals surface area contributed by atoms with Crippen molar-refractivity contribution in [3.8, 4) is 0 Å². The summed E-state index contributed by atoms with van der Waals surface area (Å²) in [5.74, 6) is 2.68. The lowest BCUT2D eigenvalue weighted by Gasteiger charge is -2.55. The number of amides is 2. The first kappa shape index (κ1) is 18.0. The molecule has 142 valence electrons. The molecule has 5 rings (SSSR count). The molecule has 4 saturated carbocycles. The van der Waals surface area contributed by atoms with E-state index in [1.54, 1.807) is 11.3 Å². The minimum Gasteiger partial charge on any atom is -0.355 e. The lowest BCUT2D eigenvalue weighted by molar-refractivity contribution is -0.146. The highest BCUT2D eigenvalue weighted by Gasteiger charge is 2.54. The van der Waals surface area contributed by atoms with Gasteiger partial charge in [-0.3, -0.25) is 9.59 Å². The molecule has 0 saturated heterocycles. The Morgan fingerprint density at radius 1 is 1.19 bits per heavy atom. The molecule has 4 aliphatic carbocycles. The highest BCUT2D eigenvalue weighted by Crippen LogP contribution is 2.60. The second-order valence-corrected chi connectivity index (χ2v) is 9.72. The molecule has 4 fully saturated rings. The summed E-state index contributed by atoms with van der Waals surface area (Å²) in [5.41, 5.74) is -0.112. The number of carbonyl (C=O) groups is 2. The standard InChI is InChI=1S/C21H30N2O2S/c1-2-23(14-18-4-3-7-26-18)19(24)5-6-22-20(25)21-11-15-8-16(12-21)10-17(9-15)13-21/h3-4,7,15-17H,2,5-6,8-14H2,1H3,(H,22,25). The third kappa shape index (κ3) is 3.55. The maximum absolute atomic E-state index is 12.9. The van der Waals surface area contributed by atoms with Crippen LogP contribution in [0, 0.1) is 23.2 Å². The molecule has 4 bridgehead atoms. The summed E-state index contributed by atoms with van der Waals surface area (Å²) >= 11 is 1.68. The van der Waals surface area contributed by atoms with Crippen LogP contribution in [0.15, 0.2) is 17.5 Å². The smallest absolute Gasteiger partial charge is 0.226 e. The Labute approximate surface area is 160 Å². The van der Waals surface area contributed by atoms with Crippen LogP contribution in [0.3, 0.4) is 0 Å². The van der Waals surface area contributed by atoms with Crippen LogP contribution in [-0.2, 0) is 16.1 Å². The van der Waals surface area contributed by atoms with Gasteiger partial charge in [0.05, 0.1) is 6.54 Å². The number of rotatable bonds is 7. The molecule has 4 nitrogen and oxygen atoms in total. The van der Waals surface area contributed by atoms with Gasteiger partial charge in [-0.25, -0.2) is 0 Å². The Kier molecular flexibility index (Phi) is 5.09. The number of nitrogens with zero attached hydrogens (tertiary/aromatic N) is 1. The summed E-state index contributed by atoms with van der Waals surface area (Å²) < 4.78 is 0. The van der Waals surface area contributed by atoms with Crippen molar-refractivity contribution in [2.45, 2.75) is 58.4 Å². The first-order chi connectivity index (χ1) is 12.6. The van der Waals surface area contributed by atoms with E-state index in [1.165, 1.54) is 24.1 Å². The van der Waals surface area contributed by atoms with Gasteiger partial charge >= 0.3 is 0 Å². The average molecular weight is 375 g/mol. The van der Waals surface area contributed by atoms with Crippen LogP contribution in [0.1, 0.15) is 56.7 Å². The van der Waals surface area contributed by atoms with Crippen LogP contribution in [0.4, 0.5) is 0 Å². The zero-order valence-electron chi connectivity index (χ0n) is 15.7. The van der Waals surface area contributed by atoms with Gasteiger partial charge in [0.25, 0.3) is 0 Å². The molecule has 1 aromatic heterocycles. The van der Waals surface area contributed by atoms with Gasteiger partial charge in [0.1, 0.15) is 0 Å². The average Bonchev–Trinajstić information content (AvgIpc) is 3.11. The van der Waals surface area contributed by atoms with Gasteiger partial charge in [0, 0.05) is 29.8 Å². The van der Waals surface area contributed by atoms with Gasteiger partial charge in [-0.2, -0.15) is 0 Å². The highest BCUT2D eigenvalue weighted by molar-refractivity contribution is 7.09. The topological polar surface area (TPSA) is 49.4 Å². The van der Waals surface area contributed by atoms with E-state index in [1.807, 2.05) is 23.3 Å². The monoisotopic (exact) mass is 374 g/mol. The van der Waals surface area contributed by atoms with E-state index in [-0.39, 0.29) is 17.2 Å². The van der Waals surface area contributed by atoms with Crippen molar-refractivity contribution in [3.63, 3.8) is 0 Å². The lowest BCUT2D eigenvalue weighted by Crippen LogP contribution is -2.53. The van der Waals surface area contributed by atoms with Gasteiger partial charge < -0.3 is 10.2 Å². The van der Waals surface area contributed by atoms with Crippen LogP contribution in [0.2, 0.25) is 0 Å². The van der Waals surface area contributed by atoms with E-state index in [0.717, 1.165) is 37.0 Å². The first-order valence-corrected chi connectivity index (χ1v) is 11.0. The largest absolute Gasteiger partial charge is 0.355 e. The van der Waals surface area contributed by atoms with Gasteiger partial charge in [0.2, 0.25) is 11.8 Å². The molecule has 0 atom stereocenters. The Balaban J connectivity index is 1.27. The quantitative estimate of drug-likeness (QED) is 0.789. The molecule has 0 aliphatic heterocycles. The molecule has 0 unspecified atom stereocenters. The summed E-state index contributed by atoms with van der Waals surface area (Å²) in [6.45, 7) is 3.87. The van der Waals surface area contributed by atoms with Crippen molar-refractivity contribution in [2.24, 2.45) is 23.2 Å². The predicted octanol–water partition coefficient (Wildman–Crippen LogP) is 3.82. The van der Waals surface area contributed by atoms with Crippen LogP contribution in [0.5, 0.6) is 0 Å². The molecular weight excluding hydrogens is 344 g/mol. The molecular formula is C21H30N2O2S. The van der Waals surface area contributed by atoms with E-state index < -0.39 is 0 Å². The van der Waals surface area contributed by atoms with Gasteiger partial charge in [-0.05, 0) is 74.6 Å². The van der Waals surface area contributed by atoms with Crippen LogP contribution in [-0.4, -0.2) is 29.8 Å². The summed E-state index contributed by atoms with van der Waals surface area (Å²) in [4.78, 5) is 28.5. The molecule has 4 aliphatic rings. The molecule has 26 heavy (non-hydrogen) atoms. The van der Waals surface area contributed by atoms with Gasteiger partial charge in [-0.1, -0.05) is 6.07 Å². The molecule has 0 spiro atoms. The zero-order chi connectivity index (χ0) is 18.1. The zero-order valence-corrected chi connectivity index (χ0v) is 16.5. The second kappa shape index (κ2) is 7.34. The molecule has 5 heteroatoms. The van der Waals surface area contributed by atoms with Crippen molar-refractivity contribution < 1.29 is 9.59 Å². The number of hydrogen-bond donors (Lipinski definition) is 1. The summed E-state index contributed by atoms with van der Waals surface area (Å²) in [7, 11) is 0. The highest BCUT2D eigenvalue weighted by atomic mass is 32.1. The molecule has 1 aromatic rings. The second-order valence-electron chi connectivity index (χ2n) is 8.69. The minimum absolute atomic E-state index is 0.112.